The minimum Gasteiger partial charge on any atom is -0.493 e. The third kappa shape index (κ3) is 5.64. The molecule has 6 heteroatoms. The van der Waals surface area contributed by atoms with E-state index in [4.69, 9.17) is 18.9 Å². The molecule has 0 aliphatic carbocycles. The van der Waals surface area contributed by atoms with Crippen molar-refractivity contribution in [1.82, 2.24) is 4.90 Å². The van der Waals surface area contributed by atoms with Gasteiger partial charge in [0, 0.05) is 25.2 Å². The summed E-state index contributed by atoms with van der Waals surface area (Å²) in [4.78, 5) is 13.9. The molecule has 0 radical (unpaired) electrons. The maximum atomic E-state index is 11.5. The van der Waals surface area contributed by atoms with Crippen LogP contribution in [0.4, 0.5) is 0 Å². The van der Waals surface area contributed by atoms with Gasteiger partial charge < -0.3 is 18.9 Å². The molecule has 0 aromatic heterocycles. The molecule has 1 aliphatic rings. The highest BCUT2D eigenvalue weighted by Crippen LogP contribution is 2.29. The molecule has 1 fully saturated rings. The summed E-state index contributed by atoms with van der Waals surface area (Å²) in [6.45, 7) is 4.98. The van der Waals surface area contributed by atoms with Crippen molar-refractivity contribution >= 4 is 5.78 Å². The van der Waals surface area contributed by atoms with Crippen LogP contribution in [-0.2, 0) is 0 Å². The second-order valence-electron chi connectivity index (χ2n) is 7.10. The Balaban J connectivity index is 1.42. The number of nitrogens with zero attached hydrogens (tertiary/aromatic N) is 1. The van der Waals surface area contributed by atoms with E-state index in [0.29, 0.717) is 23.7 Å². The first-order valence-corrected chi connectivity index (χ1v) is 9.94. The molecule has 0 saturated carbocycles. The van der Waals surface area contributed by atoms with Gasteiger partial charge in [0.1, 0.15) is 6.10 Å². The van der Waals surface area contributed by atoms with Crippen LogP contribution in [0.15, 0.2) is 42.5 Å². The highest BCUT2D eigenvalue weighted by molar-refractivity contribution is 5.94. The van der Waals surface area contributed by atoms with Gasteiger partial charge in [-0.3, -0.25) is 9.69 Å². The van der Waals surface area contributed by atoms with Gasteiger partial charge in [-0.05, 0) is 50.1 Å². The normalized spacial score (nSPS) is 16.4. The fourth-order valence-electron chi connectivity index (χ4n) is 3.47. The van der Waals surface area contributed by atoms with Crippen LogP contribution >= 0.6 is 0 Å². The van der Waals surface area contributed by atoms with Crippen molar-refractivity contribution in [3.63, 3.8) is 0 Å². The molecule has 1 aliphatic heterocycles. The number of ketones is 1. The smallest absolute Gasteiger partial charge is 0.161 e. The fourth-order valence-corrected chi connectivity index (χ4v) is 3.47. The molecule has 1 saturated heterocycles. The van der Waals surface area contributed by atoms with Crippen molar-refractivity contribution in [2.75, 3.05) is 40.5 Å². The summed E-state index contributed by atoms with van der Waals surface area (Å²) in [5, 5.41) is 0. The SMILES string of the molecule is COc1cc(C(C)=O)ccc1OCCCN1CCC(Oc2ccccc2OC)C1. The summed E-state index contributed by atoms with van der Waals surface area (Å²) in [5.74, 6) is 2.82. The highest BCUT2D eigenvalue weighted by Gasteiger charge is 2.24. The fraction of sp³-hybridized carbons (Fsp3) is 0.435. The lowest BCUT2D eigenvalue weighted by atomic mass is 10.1. The number of benzene rings is 2. The van der Waals surface area contributed by atoms with Gasteiger partial charge >= 0.3 is 0 Å². The van der Waals surface area contributed by atoms with Crippen molar-refractivity contribution in [3.8, 4) is 23.0 Å². The third-order valence-corrected chi connectivity index (χ3v) is 5.04. The summed E-state index contributed by atoms with van der Waals surface area (Å²) in [6.07, 6.45) is 2.07. The number of carbonyl (C=O) groups excluding carboxylic acids is 1. The third-order valence-electron chi connectivity index (χ3n) is 5.04. The molecule has 6 nitrogen and oxygen atoms in total. The molecular formula is C23H29NO5. The molecule has 2 aromatic carbocycles. The van der Waals surface area contributed by atoms with Gasteiger partial charge in [-0.25, -0.2) is 0 Å². The predicted octanol–water partition coefficient (Wildman–Crippen LogP) is 3.83. The van der Waals surface area contributed by atoms with Crippen LogP contribution < -0.4 is 18.9 Å². The Morgan fingerprint density at radius 2 is 1.79 bits per heavy atom. The quantitative estimate of drug-likeness (QED) is 0.447. The summed E-state index contributed by atoms with van der Waals surface area (Å²) in [7, 11) is 3.24. The molecule has 0 spiro atoms. The maximum absolute atomic E-state index is 11.5. The molecule has 1 heterocycles. The first kappa shape index (κ1) is 21.0. The lowest BCUT2D eigenvalue weighted by Gasteiger charge is -2.18. The van der Waals surface area contributed by atoms with Gasteiger partial charge in [0.15, 0.2) is 28.8 Å². The van der Waals surface area contributed by atoms with Crippen LogP contribution in [0.5, 0.6) is 23.0 Å². The van der Waals surface area contributed by atoms with Crippen molar-refractivity contribution in [2.24, 2.45) is 0 Å². The number of carbonyl (C=O) groups is 1. The van der Waals surface area contributed by atoms with E-state index < -0.39 is 0 Å². The molecule has 0 N–H and O–H groups in total. The number of para-hydroxylation sites is 2. The van der Waals surface area contributed by atoms with Crippen LogP contribution in [0.25, 0.3) is 0 Å². The van der Waals surface area contributed by atoms with Crippen molar-refractivity contribution in [2.45, 2.75) is 25.9 Å². The summed E-state index contributed by atoms with van der Waals surface area (Å²) >= 11 is 0. The summed E-state index contributed by atoms with van der Waals surface area (Å²) < 4.78 is 22.7. The van der Waals surface area contributed by atoms with E-state index in [-0.39, 0.29) is 11.9 Å². The van der Waals surface area contributed by atoms with Crippen LogP contribution in [-0.4, -0.2) is 57.2 Å². The Bertz CT molecular complexity index is 823. The number of methoxy groups -OCH3 is 2. The number of rotatable bonds is 10. The lowest BCUT2D eigenvalue weighted by molar-refractivity contribution is 0.101. The average molecular weight is 399 g/mol. The van der Waals surface area contributed by atoms with Crippen molar-refractivity contribution < 1.29 is 23.7 Å². The lowest BCUT2D eigenvalue weighted by Crippen LogP contribution is -2.26. The number of likely N-dealkylation sites (tertiary alicyclic amines) is 1. The molecule has 29 heavy (non-hydrogen) atoms. The van der Waals surface area contributed by atoms with Crippen molar-refractivity contribution in [3.05, 3.63) is 48.0 Å². The average Bonchev–Trinajstić information content (AvgIpc) is 3.18. The molecule has 1 unspecified atom stereocenters. The van der Waals surface area contributed by atoms with E-state index in [0.717, 1.165) is 44.0 Å². The maximum Gasteiger partial charge on any atom is 0.161 e. The standard InChI is InChI=1S/C23H29NO5/c1-17(25)18-9-10-21(23(15-18)27-3)28-14-6-12-24-13-11-19(16-24)29-22-8-5-4-7-20(22)26-2/h4-5,7-10,15,19H,6,11-14,16H2,1-3H3. The van der Waals surface area contributed by atoms with Gasteiger partial charge in [-0.15, -0.1) is 0 Å². The number of ether oxygens (including phenoxy) is 4. The topological polar surface area (TPSA) is 57.2 Å². The molecule has 0 bridgehead atoms. The van der Waals surface area contributed by atoms with Crippen LogP contribution in [0.3, 0.4) is 0 Å². The molecule has 156 valence electrons. The van der Waals surface area contributed by atoms with E-state index in [1.54, 1.807) is 32.4 Å². The Hall–Kier alpha value is -2.73. The highest BCUT2D eigenvalue weighted by atomic mass is 16.5. The van der Waals surface area contributed by atoms with Crippen LogP contribution in [0.2, 0.25) is 0 Å². The van der Waals surface area contributed by atoms with E-state index in [1.807, 2.05) is 24.3 Å². The Morgan fingerprint density at radius 3 is 2.52 bits per heavy atom. The van der Waals surface area contributed by atoms with Gasteiger partial charge in [0.2, 0.25) is 0 Å². The van der Waals surface area contributed by atoms with Gasteiger partial charge in [-0.1, -0.05) is 12.1 Å². The first-order valence-electron chi connectivity index (χ1n) is 9.94. The molecule has 3 rings (SSSR count). The monoisotopic (exact) mass is 399 g/mol. The van der Waals surface area contributed by atoms with Crippen LogP contribution in [0, 0.1) is 0 Å². The largest absolute Gasteiger partial charge is 0.493 e. The first-order chi connectivity index (χ1) is 14.1. The van der Waals surface area contributed by atoms with E-state index in [2.05, 4.69) is 4.90 Å². The Kier molecular flexibility index (Phi) is 7.36. The summed E-state index contributed by atoms with van der Waals surface area (Å²) in [5.41, 5.74) is 0.618. The Morgan fingerprint density at radius 1 is 1.03 bits per heavy atom. The molecule has 2 aromatic rings. The molecule has 0 amide bonds. The molecule has 1 atom stereocenters. The zero-order valence-electron chi connectivity index (χ0n) is 17.3. The van der Waals surface area contributed by atoms with E-state index in [1.165, 1.54) is 6.92 Å². The zero-order chi connectivity index (χ0) is 20.6. The molecular weight excluding hydrogens is 370 g/mol. The minimum atomic E-state index is 0.00813. The minimum absolute atomic E-state index is 0.00813. The number of hydrogen-bond donors (Lipinski definition) is 0. The van der Waals surface area contributed by atoms with E-state index in [9.17, 15) is 4.79 Å². The number of hydrogen-bond acceptors (Lipinski definition) is 6. The van der Waals surface area contributed by atoms with Crippen molar-refractivity contribution in [1.29, 1.82) is 0 Å². The Labute approximate surface area is 172 Å². The zero-order valence-corrected chi connectivity index (χ0v) is 17.3. The second kappa shape index (κ2) is 10.2. The summed E-state index contributed by atoms with van der Waals surface area (Å²) in [6, 6.07) is 13.0. The number of Topliss-reactive ketones (excluding diaryl/α,β-unsaturated/α-hetero) is 1. The van der Waals surface area contributed by atoms with Gasteiger partial charge in [-0.2, -0.15) is 0 Å². The van der Waals surface area contributed by atoms with E-state index >= 15 is 0 Å². The van der Waals surface area contributed by atoms with Gasteiger partial charge in [0.25, 0.3) is 0 Å². The predicted molar refractivity (Wildman–Crippen MR) is 112 cm³/mol. The van der Waals surface area contributed by atoms with Gasteiger partial charge in [0.05, 0.1) is 20.8 Å². The second-order valence-corrected chi connectivity index (χ2v) is 7.10. The van der Waals surface area contributed by atoms with Crippen LogP contribution in [0.1, 0.15) is 30.1 Å².